The Morgan fingerprint density at radius 3 is 2.84 bits per heavy atom. The lowest BCUT2D eigenvalue weighted by atomic mass is 9.95. The van der Waals surface area contributed by atoms with E-state index in [2.05, 4.69) is 48.5 Å². The van der Waals surface area contributed by atoms with E-state index in [1.807, 2.05) is 0 Å². The molecular formula is C13H24N4O2. The van der Waals surface area contributed by atoms with Gasteiger partial charge in [0.2, 0.25) is 5.89 Å². The maximum absolute atomic E-state index is 5.59. The van der Waals surface area contributed by atoms with Crippen LogP contribution in [0, 0.1) is 5.92 Å². The van der Waals surface area contributed by atoms with Crippen LogP contribution in [0.25, 0.3) is 0 Å². The molecule has 0 aromatic carbocycles. The van der Waals surface area contributed by atoms with E-state index in [-0.39, 0.29) is 11.6 Å². The summed E-state index contributed by atoms with van der Waals surface area (Å²) in [5.41, 5.74) is -0.130. The summed E-state index contributed by atoms with van der Waals surface area (Å²) < 4.78 is 11.2. The monoisotopic (exact) mass is 268 g/mol. The molecule has 6 nitrogen and oxygen atoms in total. The second-order valence-electron chi connectivity index (χ2n) is 5.83. The van der Waals surface area contributed by atoms with Crippen LogP contribution in [0.3, 0.4) is 0 Å². The van der Waals surface area contributed by atoms with Crippen LogP contribution < -0.4 is 10.6 Å². The van der Waals surface area contributed by atoms with Gasteiger partial charge in [-0.05, 0) is 32.7 Å². The Hall–Kier alpha value is -1.14. The van der Waals surface area contributed by atoms with Gasteiger partial charge in [0, 0.05) is 6.61 Å². The number of nitrogens with one attached hydrogen (secondary N) is 2. The van der Waals surface area contributed by atoms with Gasteiger partial charge in [0.05, 0.1) is 18.2 Å². The van der Waals surface area contributed by atoms with Crippen molar-refractivity contribution in [3.8, 4) is 0 Å². The molecule has 108 valence electrons. The normalized spacial score (nSPS) is 27.1. The summed E-state index contributed by atoms with van der Waals surface area (Å²) in [6, 6.07) is 0.473. The molecule has 0 saturated carbocycles. The van der Waals surface area contributed by atoms with E-state index in [0.29, 0.717) is 24.4 Å². The molecule has 1 fully saturated rings. The molecule has 1 aromatic rings. The van der Waals surface area contributed by atoms with Crippen LogP contribution >= 0.6 is 0 Å². The highest BCUT2D eigenvalue weighted by molar-refractivity contribution is 5.25. The first-order valence-electron chi connectivity index (χ1n) is 6.92. The van der Waals surface area contributed by atoms with Crippen LogP contribution in [0.4, 0.5) is 6.01 Å². The van der Waals surface area contributed by atoms with Crippen molar-refractivity contribution in [3.63, 3.8) is 0 Å². The fourth-order valence-corrected chi connectivity index (χ4v) is 2.09. The predicted molar refractivity (Wildman–Crippen MR) is 72.9 cm³/mol. The summed E-state index contributed by atoms with van der Waals surface area (Å²) in [7, 11) is 0. The zero-order valence-electron chi connectivity index (χ0n) is 12.2. The molecule has 1 aliphatic rings. The van der Waals surface area contributed by atoms with Crippen LogP contribution in [-0.4, -0.2) is 35.0 Å². The van der Waals surface area contributed by atoms with E-state index in [9.17, 15) is 0 Å². The average Bonchev–Trinajstić information content (AvgIpc) is 2.88. The molecule has 1 aliphatic heterocycles. The number of hydrogen-bond donors (Lipinski definition) is 2. The fraction of sp³-hybridized carbons (Fsp3) is 0.846. The van der Waals surface area contributed by atoms with Gasteiger partial charge in [0.1, 0.15) is 0 Å². The van der Waals surface area contributed by atoms with Gasteiger partial charge in [-0.1, -0.05) is 18.9 Å². The first-order chi connectivity index (χ1) is 8.99. The minimum atomic E-state index is -0.130. The maximum Gasteiger partial charge on any atom is 0.316 e. The van der Waals surface area contributed by atoms with Crippen molar-refractivity contribution in [2.75, 3.05) is 18.5 Å². The van der Waals surface area contributed by atoms with Crippen LogP contribution in [0.1, 0.15) is 40.0 Å². The summed E-state index contributed by atoms with van der Waals surface area (Å²) in [5.74, 6) is 1.22. The standard InChI is InChI=1S/C13H24N4O2/c1-9(2)7-14-8-11-16-17-12(19-11)15-13(4)5-6-18-10(13)3/h9-10,14H,5-8H2,1-4H3,(H,15,17). The topological polar surface area (TPSA) is 72.2 Å². The number of anilines is 1. The molecular weight excluding hydrogens is 244 g/mol. The van der Waals surface area contributed by atoms with Crippen LogP contribution in [0.2, 0.25) is 0 Å². The van der Waals surface area contributed by atoms with Gasteiger partial charge in [0.15, 0.2) is 0 Å². The third kappa shape index (κ3) is 3.67. The number of rotatable bonds is 6. The first-order valence-corrected chi connectivity index (χ1v) is 6.92. The second-order valence-corrected chi connectivity index (χ2v) is 5.83. The summed E-state index contributed by atoms with van der Waals surface area (Å²) >= 11 is 0. The van der Waals surface area contributed by atoms with Crippen molar-refractivity contribution in [1.29, 1.82) is 0 Å². The molecule has 0 aliphatic carbocycles. The van der Waals surface area contributed by atoms with Crippen molar-refractivity contribution < 1.29 is 9.15 Å². The zero-order valence-corrected chi connectivity index (χ0v) is 12.2. The molecule has 2 N–H and O–H groups in total. The lowest BCUT2D eigenvalue weighted by Gasteiger charge is -2.27. The van der Waals surface area contributed by atoms with Crippen molar-refractivity contribution in [2.45, 2.75) is 52.3 Å². The highest BCUT2D eigenvalue weighted by atomic mass is 16.5. The van der Waals surface area contributed by atoms with E-state index in [1.54, 1.807) is 0 Å². The van der Waals surface area contributed by atoms with E-state index >= 15 is 0 Å². The molecule has 2 rings (SSSR count). The lowest BCUT2D eigenvalue weighted by molar-refractivity contribution is 0.104. The van der Waals surface area contributed by atoms with Crippen molar-refractivity contribution in [3.05, 3.63) is 5.89 Å². The SMILES string of the molecule is CC(C)CNCc1nnc(NC2(C)CCOC2C)o1. The minimum absolute atomic E-state index is 0.130. The van der Waals surface area contributed by atoms with Crippen LogP contribution in [-0.2, 0) is 11.3 Å². The minimum Gasteiger partial charge on any atom is -0.407 e. The third-order valence-corrected chi connectivity index (χ3v) is 3.57. The Morgan fingerprint density at radius 1 is 1.42 bits per heavy atom. The van der Waals surface area contributed by atoms with Gasteiger partial charge in [-0.3, -0.25) is 0 Å². The Labute approximate surface area is 114 Å². The van der Waals surface area contributed by atoms with Crippen molar-refractivity contribution in [1.82, 2.24) is 15.5 Å². The molecule has 0 radical (unpaired) electrons. The fourth-order valence-electron chi connectivity index (χ4n) is 2.09. The highest BCUT2D eigenvalue weighted by Crippen LogP contribution is 2.28. The number of aromatic nitrogens is 2. The van der Waals surface area contributed by atoms with E-state index in [4.69, 9.17) is 9.15 Å². The van der Waals surface area contributed by atoms with E-state index < -0.39 is 0 Å². The van der Waals surface area contributed by atoms with Gasteiger partial charge in [-0.15, -0.1) is 5.10 Å². The smallest absolute Gasteiger partial charge is 0.316 e. The number of hydrogen-bond acceptors (Lipinski definition) is 6. The van der Waals surface area contributed by atoms with Gasteiger partial charge in [0.25, 0.3) is 0 Å². The Bertz CT molecular complexity index is 407. The average molecular weight is 268 g/mol. The summed E-state index contributed by atoms with van der Waals surface area (Å²) in [6.45, 7) is 10.8. The first kappa shape index (κ1) is 14.3. The van der Waals surface area contributed by atoms with Crippen molar-refractivity contribution >= 4 is 6.01 Å². The molecule has 19 heavy (non-hydrogen) atoms. The summed E-state index contributed by atoms with van der Waals surface area (Å²) in [4.78, 5) is 0. The Kier molecular flexibility index (Phi) is 4.42. The Balaban J connectivity index is 1.87. The Morgan fingerprint density at radius 2 is 2.21 bits per heavy atom. The maximum atomic E-state index is 5.59. The number of nitrogens with zero attached hydrogens (tertiary/aromatic N) is 2. The van der Waals surface area contributed by atoms with E-state index in [1.165, 1.54) is 0 Å². The van der Waals surface area contributed by atoms with Gasteiger partial charge < -0.3 is 19.8 Å². The van der Waals surface area contributed by atoms with Gasteiger partial charge in [-0.25, -0.2) is 0 Å². The molecule has 0 bridgehead atoms. The van der Waals surface area contributed by atoms with E-state index in [0.717, 1.165) is 19.6 Å². The summed E-state index contributed by atoms with van der Waals surface area (Å²) in [5, 5.41) is 14.6. The molecule has 2 unspecified atom stereocenters. The van der Waals surface area contributed by atoms with Crippen LogP contribution in [0.15, 0.2) is 4.42 Å². The van der Waals surface area contributed by atoms with Crippen LogP contribution in [0.5, 0.6) is 0 Å². The largest absolute Gasteiger partial charge is 0.407 e. The predicted octanol–water partition coefficient (Wildman–Crippen LogP) is 1.79. The molecule has 2 heterocycles. The third-order valence-electron chi connectivity index (χ3n) is 3.57. The summed E-state index contributed by atoms with van der Waals surface area (Å²) in [6.07, 6.45) is 1.08. The van der Waals surface area contributed by atoms with Crippen molar-refractivity contribution in [2.24, 2.45) is 5.92 Å². The molecule has 1 aromatic heterocycles. The number of ether oxygens (including phenoxy) is 1. The lowest BCUT2D eigenvalue weighted by Crippen LogP contribution is -2.41. The van der Waals surface area contributed by atoms with Gasteiger partial charge >= 0.3 is 6.01 Å². The molecule has 0 spiro atoms. The molecule has 6 heteroatoms. The second kappa shape index (κ2) is 5.88. The van der Waals surface area contributed by atoms with Gasteiger partial charge in [-0.2, -0.15) is 0 Å². The quantitative estimate of drug-likeness (QED) is 0.819. The molecule has 1 saturated heterocycles. The molecule has 0 amide bonds. The highest BCUT2D eigenvalue weighted by Gasteiger charge is 2.38. The zero-order chi connectivity index (χ0) is 13.9. The molecule has 2 atom stereocenters.